The number of rotatable bonds is 5. The molecule has 0 saturated carbocycles. The molecule has 0 aliphatic carbocycles. The lowest BCUT2D eigenvalue weighted by molar-refractivity contribution is -0.231. The molecular formula is C25H26ClNO6. The number of halogens is 1. The van der Waals surface area contributed by atoms with Gasteiger partial charge in [-0.2, -0.15) is 0 Å². The summed E-state index contributed by atoms with van der Waals surface area (Å²) in [6.07, 6.45) is -3.91. The SMILES string of the molecule is Cn1cccc(-c2ccc(Cc3cc([C@@H]4O[C@H](CO)[C@@H](O)[C@H](O)[C@H]4O)ccc3Cl)cc2)c1=O. The van der Waals surface area contributed by atoms with Crippen LogP contribution in [0.1, 0.15) is 22.8 Å². The fourth-order valence-electron chi connectivity index (χ4n) is 4.12. The van der Waals surface area contributed by atoms with E-state index in [1.165, 1.54) is 4.57 Å². The number of aliphatic hydroxyl groups excluding tert-OH is 4. The van der Waals surface area contributed by atoms with Gasteiger partial charge in [-0.3, -0.25) is 4.79 Å². The van der Waals surface area contributed by atoms with Gasteiger partial charge < -0.3 is 29.7 Å². The van der Waals surface area contributed by atoms with E-state index < -0.39 is 37.1 Å². The van der Waals surface area contributed by atoms with Crippen LogP contribution in [0.2, 0.25) is 5.02 Å². The van der Waals surface area contributed by atoms with Crippen LogP contribution >= 0.6 is 11.6 Å². The number of hydrogen-bond acceptors (Lipinski definition) is 6. The van der Waals surface area contributed by atoms with Crippen molar-refractivity contribution < 1.29 is 25.2 Å². The predicted molar refractivity (Wildman–Crippen MR) is 124 cm³/mol. The monoisotopic (exact) mass is 471 g/mol. The number of aliphatic hydroxyl groups is 4. The number of aryl methyl sites for hydroxylation is 1. The van der Waals surface area contributed by atoms with Gasteiger partial charge in [0.2, 0.25) is 0 Å². The van der Waals surface area contributed by atoms with Crippen molar-refractivity contribution in [3.8, 4) is 11.1 Å². The second-order valence-electron chi connectivity index (χ2n) is 8.31. The minimum Gasteiger partial charge on any atom is -0.394 e. The Labute approximate surface area is 196 Å². The molecule has 4 rings (SSSR count). The molecule has 1 aromatic heterocycles. The molecule has 8 heteroatoms. The summed E-state index contributed by atoms with van der Waals surface area (Å²) < 4.78 is 7.20. The third kappa shape index (κ3) is 4.75. The lowest BCUT2D eigenvalue weighted by Crippen LogP contribution is -2.55. The number of aromatic nitrogens is 1. The van der Waals surface area contributed by atoms with Crippen LogP contribution in [0.25, 0.3) is 11.1 Å². The maximum Gasteiger partial charge on any atom is 0.258 e. The first-order valence-electron chi connectivity index (χ1n) is 10.6. The lowest BCUT2D eigenvalue weighted by Gasteiger charge is -2.40. The first kappa shape index (κ1) is 23.6. The first-order valence-corrected chi connectivity index (χ1v) is 11.0. The Morgan fingerprint density at radius 1 is 1.00 bits per heavy atom. The lowest BCUT2D eigenvalue weighted by atomic mass is 9.90. The molecule has 0 unspecified atom stereocenters. The largest absolute Gasteiger partial charge is 0.394 e. The third-order valence-corrected chi connectivity index (χ3v) is 6.44. The molecular weight excluding hydrogens is 446 g/mol. The van der Waals surface area contributed by atoms with Crippen LogP contribution in [0, 0.1) is 0 Å². The maximum absolute atomic E-state index is 12.4. The molecule has 1 fully saturated rings. The number of nitrogens with zero attached hydrogens (tertiary/aromatic N) is 1. The average molecular weight is 472 g/mol. The number of ether oxygens (including phenoxy) is 1. The molecule has 0 spiro atoms. The van der Waals surface area contributed by atoms with Crippen LogP contribution < -0.4 is 5.56 Å². The predicted octanol–water partition coefficient (Wildman–Crippen LogP) is 1.81. The summed E-state index contributed by atoms with van der Waals surface area (Å²) in [6, 6.07) is 16.4. The highest BCUT2D eigenvalue weighted by Gasteiger charge is 2.44. The number of pyridine rings is 1. The highest BCUT2D eigenvalue weighted by Crippen LogP contribution is 2.34. The molecule has 1 saturated heterocycles. The minimum atomic E-state index is -1.45. The van der Waals surface area contributed by atoms with Gasteiger partial charge in [-0.1, -0.05) is 48.0 Å². The fraction of sp³-hybridized carbons (Fsp3) is 0.320. The van der Waals surface area contributed by atoms with Crippen LogP contribution in [0.15, 0.2) is 65.6 Å². The summed E-state index contributed by atoms with van der Waals surface area (Å²) in [5.74, 6) is 0. The van der Waals surface area contributed by atoms with E-state index in [1.54, 1.807) is 37.5 Å². The summed E-state index contributed by atoms with van der Waals surface area (Å²) in [6.45, 7) is -0.487. The van der Waals surface area contributed by atoms with Crippen LogP contribution in [-0.2, 0) is 18.2 Å². The Morgan fingerprint density at radius 2 is 1.73 bits per heavy atom. The van der Waals surface area contributed by atoms with Gasteiger partial charge in [0.1, 0.15) is 30.5 Å². The molecule has 5 atom stereocenters. The molecule has 0 amide bonds. The van der Waals surface area contributed by atoms with Gasteiger partial charge in [-0.25, -0.2) is 0 Å². The molecule has 0 radical (unpaired) electrons. The second kappa shape index (κ2) is 9.77. The van der Waals surface area contributed by atoms with Crippen LogP contribution in [0.5, 0.6) is 0 Å². The highest BCUT2D eigenvalue weighted by atomic mass is 35.5. The van der Waals surface area contributed by atoms with Gasteiger partial charge in [-0.15, -0.1) is 0 Å². The van der Waals surface area contributed by atoms with Gasteiger partial charge in [0.15, 0.2) is 0 Å². The fourth-order valence-corrected chi connectivity index (χ4v) is 4.31. The van der Waals surface area contributed by atoms with Crippen molar-refractivity contribution in [2.45, 2.75) is 36.9 Å². The second-order valence-corrected chi connectivity index (χ2v) is 8.72. The normalized spacial score (nSPS) is 25.2. The van der Waals surface area contributed by atoms with E-state index in [1.807, 2.05) is 30.3 Å². The molecule has 0 bridgehead atoms. The van der Waals surface area contributed by atoms with E-state index >= 15 is 0 Å². The molecule has 3 aromatic rings. The third-order valence-electron chi connectivity index (χ3n) is 6.07. The van der Waals surface area contributed by atoms with Crippen molar-refractivity contribution in [1.29, 1.82) is 0 Å². The van der Waals surface area contributed by atoms with Gasteiger partial charge >= 0.3 is 0 Å². The van der Waals surface area contributed by atoms with E-state index in [0.29, 0.717) is 22.6 Å². The highest BCUT2D eigenvalue weighted by molar-refractivity contribution is 6.31. The average Bonchev–Trinajstić information content (AvgIpc) is 2.82. The van der Waals surface area contributed by atoms with Crippen molar-refractivity contribution in [2.24, 2.45) is 7.05 Å². The van der Waals surface area contributed by atoms with Gasteiger partial charge in [0, 0.05) is 23.8 Å². The zero-order valence-electron chi connectivity index (χ0n) is 18.0. The van der Waals surface area contributed by atoms with Crippen LogP contribution in [0.4, 0.5) is 0 Å². The van der Waals surface area contributed by atoms with Crippen molar-refractivity contribution in [3.63, 3.8) is 0 Å². The summed E-state index contributed by atoms with van der Waals surface area (Å²) in [5.41, 5.74) is 3.71. The summed E-state index contributed by atoms with van der Waals surface area (Å²) in [4.78, 5) is 12.4. The van der Waals surface area contributed by atoms with Crippen molar-refractivity contribution in [3.05, 3.63) is 92.9 Å². The molecule has 174 valence electrons. The van der Waals surface area contributed by atoms with Gasteiger partial charge in [0.25, 0.3) is 5.56 Å². The molecule has 2 aromatic carbocycles. The Balaban J connectivity index is 1.57. The topological polar surface area (TPSA) is 112 Å². The Bertz CT molecular complexity index is 1180. The van der Waals surface area contributed by atoms with Crippen molar-refractivity contribution in [1.82, 2.24) is 4.57 Å². The molecule has 1 aliphatic rings. The van der Waals surface area contributed by atoms with E-state index in [-0.39, 0.29) is 5.56 Å². The Kier molecular flexibility index (Phi) is 6.99. The molecule has 2 heterocycles. The van der Waals surface area contributed by atoms with E-state index in [0.717, 1.165) is 16.7 Å². The Morgan fingerprint density at radius 3 is 2.42 bits per heavy atom. The number of hydrogen-bond donors (Lipinski definition) is 4. The molecule has 4 N–H and O–H groups in total. The van der Waals surface area contributed by atoms with E-state index in [9.17, 15) is 25.2 Å². The summed E-state index contributed by atoms with van der Waals surface area (Å²) in [7, 11) is 1.71. The molecule has 7 nitrogen and oxygen atoms in total. The van der Waals surface area contributed by atoms with E-state index in [4.69, 9.17) is 16.3 Å². The number of benzene rings is 2. The van der Waals surface area contributed by atoms with Crippen LogP contribution in [-0.4, -0.2) is 56.0 Å². The minimum absolute atomic E-state index is 0.0690. The standard InChI is InChI=1S/C25H26ClNO6/c1-27-10-2-3-18(25(27)32)15-6-4-14(5-7-15)11-17-12-16(8-9-19(17)26)24-23(31)22(30)21(29)20(13-28)33-24/h2-10,12,20-24,28-31H,11,13H2,1H3/t20-,21-,22+,23-,24+/m1/s1. The smallest absolute Gasteiger partial charge is 0.258 e. The summed E-state index contributed by atoms with van der Waals surface area (Å²) >= 11 is 6.42. The van der Waals surface area contributed by atoms with Crippen molar-refractivity contribution >= 4 is 11.6 Å². The quantitative estimate of drug-likeness (QED) is 0.451. The zero-order chi connectivity index (χ0) is 23.7. The molecule has 33 heavy (non-hydrogen) atoms. The Hall–Kier alpha value is -2.52. The summed E-state index contributed by atoms with van der Waals surface area (Å²) in [5, 5.41) is 40.5. The zero-order valence-corrected chi connectivity index (χ0v) is 18.8. The first-order chi connectivity index (χ1) is 15.8. The van der Waals surface area contributed by atoms with Crippen LogP contribution in [0.3, 0.4) is 0 Å². The van der Waals surface area contributed by atoms with Crippen molar-refractivity contribution in [2.75, 3.05) is 6.61 Å². The van der Waals surface area contributed by atoms with E-state index in [2.05, 4.69) is 0 Å². The van der Waals surface area contributed by atoms with Gasteiger partial charge in [0.05, 0.1) is 6.61 Å². The van der Waals surface area contributed by atoms with Gasteiger partial charge in [-0.05, 0) is 46.9 Å². The molecule has 1 aliphatic heterocycles. The maximum atomic E-state index is 12.4.